The molecule has 168 valence electrons. The molecule has 0 radical (unpaired) electrons. The van der Waals surface area contributed by atoms with Crippen molar-refractivity contribution < 1.29 is 17.6 Å². The van der Waals surface area contributed by atoms with E-state index >= 15 is 0 Å². The molecule has 2 aromatic rings. The lowest BCUT2D eigenvalue weighted by Gasteiger charge is -2.23. The van der Waals surface area contributed by atoms with E-state index in [2.05, 4.69) is 13.0 Å². The predicted molar refractivity (Wildman–Crippen MR) is 119 cm³/mol. The van der Waals surface area contributed by atoms with Gasteiger partial charge >= 0.3 is 0 Å². The first-order chi connectivity index (χ1) is 14.9. The van der Waals surface area contributed by atoms with Crippen molar-refractivity contribution in [2.75, 3.05) is 0 Å². The van der Waals surface area contributed by atoms with Gasteiger partial charge in [0.1, 0.15) is 0 Å². The summed E-state index contributed by atoms with van der Waals surface area (Å²) >= 11 is 0. The van der Waals surface area contributed by atoms with E-state index in [-0.39, 0.29) is 6.42 Å². The van der Waals surface area contributed by atoms with Gasteiger partial charge in [0.05, 0.1) is 0 Å². The highest BCUT2D eigenvalue weighted by Gasteiger charge is 2.20. The molecule has 0 bridgehead atoms. The van der Waals surface area contributed by atoms with Crippen LogP contribution in [0.25, 0.3) is 5.57 Å². The van der Waals surface area contributed by atoms with Gasteiger partial charge in [-0.2, -0.15) is 0 Å². The number of halogens is 4. The molecule has 0 saturated carbocycles. The minimum atomic E-state index is -0.895. The molecule has 1 atom stereocenters. The second-order valence-corrected chi connectivity index (χ2v) is 8.78. The molecule has 3 rings (SSSR count). The van der Waals surface area contributed by atoms with Crippen LogP contribution in [-0.2, 0) is 12.8 Å². The van der Waals surface area contributed by atoms with E-state index in [0.717, 1.165) is 37.0 Å². The number of allylic oxidation sites excluding steroid dienone is 2. The highest BCUT2D eigenvalue weighted by Crippen LogP contribution is 2.35. The van der Waals surface area contributed by atoms with Gasteiger partial charge in [-0.05, 0) is 78.5 Å². The van der Waals surface area contributed by atoms with Crippen molar-refractivity contribution in [2.45, 2.75) is 78.1 Å². The topological polar surface area (TPSA) is 0 Å². The minimum Gasteiger partial charge on any atom is -0.204 e. The Balaban J connectivity index is 1.81. The molecule has 0 aliphatic heterocycles. The van der Waals surface area contributed by atoms with Gasteiger partial charge in [-0.15, -0.1) is 0 Å². The Bertz CT molecular complexity index is 929. The summed E-state index contributed by atoms with van der Waals surface area (Å²) in [5.41, 5.74) is 2.60. The lowest BCUT2D eigenvalue weighted by molar-refractivity contribution is 0.427. The van der Waals surface area contributed by atoms with E-state index in [9.17, 15) is 17.6 Å². The zero-order valence-corrected chi connectivity index (χ0v) is 18.5. The van der Waals surface area contributed by atoms with Crippen LogP contribution in [0, 0.1) is 29.2 Å². The minimum absolute atomic E-state index is 0.227. The lowest BCUT2D eigenvalue weighted by Crippen LogP contribution is -2.07. The van der Waals surface area contributed by atoms with Crippen LogP contribution in [0.4, 0.5) is 17.6 Å². The maximum atomic E-state index is 14.6. The number of benzene rings is 2. The molecular formula is C27H32F4. The van der Waals surface area contributed by atoms with E-state index in [1.165, 1.54) is 25.7 Å². The molecule has 1 aliphatic carbocycles. The van der Waals surface area contributed by atoms with Crippen LogP contribution in [0.5, 0.6) is 0 Å². The molecule has 0 amide bonds. The van der Waals surface area contributed by atoms with Crippen LogP contribution in [0.1, 0.15) is 87.5 Å². The molecule has 0 aromatic heterocycles. The standard InChI is InChI=1S/C27H32F4/c1-3-5-6-8-18-9-11-21(12-10-18)23-15-20(17-25(29)27(23)31)13-19-14-22(7-4-2)26(30)24(28)16-19/h11,14-18H,3-10,12-13H2,1-2H3. The van der Waals surface area contributed by atoms with Crippen molar-refractivity contribution in [3.05, 3.63) is 75.9 Å². The first kappa shape index (κ1) is 23.6. The second kappa shape index (κ2) is 11.0. The van der Waals surface area contributed by atoms with E-state index in [1.54, 1.807) is 12.1 Å². The summed E-state index contributed by atoms with van der Waals surface area (Å²) in [7, 11) is 0. The first-order valence-electron chi connectivity index (χ1n) is 11.6. The fourth-order valence-corrected chi connectivity index (χ4v) is 4.56. The van der Waals surface area contributed by atoms with Crippen LogP contribution in [0.2, 0.25) is 0 Å². The van der Waals surface area contributed by atoms with Gasteiger partial charge in [0, 0.05) is 5.56 Å². The van der Waals surface area contributed by atoms with Crippen molar-refractivity contribution in [2.24, 2.45) is 5.92 Å². The summed E-state index contributed by atoms with van der Waals surface area (Å²) in [6, 6.07) is 5.61. The lowest BCUT2D eigenvalue weighted by atomic mass is 9.83. The average molecular weight is 433 g/mol. The van der Waals surface area contributed by atoms with E-state index < -0.39 is 23.3 Å². The molecule has 1 aliphatic rings. The number of hydrogen-bond donors (Lipinski definition) is 0. The Morgan fingerprint density at radius 1 is 0.839 bits per heavy atom. The molecule has 0 N–H and O–H groups in total. The summed E-state index contributed by atoms with van der Waals surface area (Å²) in [5, 5.41) is 0. The molecule has 4 heteroatoms. The summed E-state index contributed by atoms with van der Waals surface area (Å²) in [6.07, 6.45) is 10.9. The molecule has 1 unspecified atom stereocenters. The Labute approximate surface area is 183 Å². The Kier molecular flexibility index (Phi) is 8.34. The van der Waals surface area contributed by atoms with Crippen LogP contribution < -0.4 is 0 Å². The molecular weight excluding hydrogens is 400 g/mol. The number of aryl methyl sites for hydroxylation is 1. The molecule has 31 heavy (non-hydrogen) atoms. The average Bonchev–Trinajstić information content (AvgIpc) is 2.75. The molecule has 0 nitrogen and oxygen atoms in total. The fraction of sp³-hybridized carbons (Fsp3) is 0.481. The van der Waals surface area contributed by atoms with E-state index in [4.69, 9.17) is 0 Å². The Hall–Kier alpha value is -2.10. The van der Waals surface area contributed by atoms with Gasteiger partial charge in [-0.1, -0.05) is 58.1 Å². The molecule has 0 heterocycles. The third kappa shape index (κ3) is 5.99. The van der Waals surface area contributed by atoms with E-state index in [0.29, 0.717) is 41.0 Å². The fourth-order valence-electron chi connectivity index (χ4n) is 4.56. The summed E-state index contributed by atoms with van der Waals surface area (Å²) in [6.45, 7) is 4.09. The third-order valence-electron chi connectivity index (χ3n) is 6.26. The molecule has 0 fully saturated rings. The SMILES string of the molecule is CCCCCC1CC=C(c2cc(Cc3cc(F)c(F)c(CCC)c3)cc(F)c2F)CC1. The van der Waals surface area contributed by atoms with Crippen molar-refractivity contribution in [3.63, 3.8) is 0 Å². The van der Waals surface area contributed by atoms with Crippen molar-refractivity contribution in [1.82, 2.24) is 0 Å². The van der Waals surface area contributed by atoms with Crippen LogP contribution in [-0.4, -0.2) is 0 Å². The maximum absolute atomic E-state index is 14.6. The van der Waals surface area contributed by atoms with Crippen molar-refractivity contribution in [1.29, 1.82) is 0 Å². The van der Waals surface area contributed by atoms with Gasteiger partial charge in [-0.25, -0.2) is 17.6 Å². The molecule has 0 saturated heterocycles. The van der Waals surface area contributed by atoms with Crippen LogP contribution >= 0.6 is 0 Å². The first-order valence-corrected chi connectivity index (χ1v) is 11.6. The monoisotopic (exact) mass is 432 g/mol. The zero-order valence-electron chi connectivity index (χ0n) is 18.5. The van der Waals surface area contributed by atoms with Crippen LogP contribution in [0.3, 0.4) is 0 Å². The van der Waals surface area contributed by atoms with Crippen LogP contribution in [0.15, 0.2) is 30.3 Å². The Morgan fingerprint density at radius 3 is 2.19 bits per heavy atom. The summed E-state index contributed by atoms with van der Waals surface area (Å²) in [5.74, 6) is -2.82. The quantitative estimate of drug-likeness (QED) is 0.275. The number of hydrogen-bond acceptors (Lipinski definition) is 0. The van der Waals surface area contributed by atoms with E-state index in [1.807, 2.05) is 6.92 Å². The second-order valence-electron chi connectivity index (χ2n) is 8.78. The largest absolute Gasteiger partial charge is 0.204 e. The Morgan fingerprint density at radius 2 is 1.55 bits per heavy atom. The summed E-state index contributed by atoms with van der Waals surface area (Å²) < 4.78 is 57.0. The van der Waals surface area contributed by atoms with Gasteiger partial charge < -0.3 is 0 Å². The van der Waals surface area contributed by atoms with Gasteiger partial charge in [0.15, 0.2) is 23.3 Å². The summed E-state index contributed by atoms with van der Waals surface area (Å²) in [4.78, 5) is 0. The smallest absolute Gasteiger partial charge is 0.166 e. The third-order valence-corrected chi connectivity index (χ3v) is 6.26. The van der Waals surface area contributed by atoms with Gasteiger partial charge in [-0.3, -0.25) is 0 Å². The maximum Gasteiger partial charge on any atom is 0.166 e. The molecule has 0 spiro atoms. The number of rotatable bonds is 9. The number of unbranched alkanes of at least 4 members (excludes halogenated alkanes) is 2. The molecule has 2 aromatic carbocycles. The zero-order chi connectivity index (χ0) is 22.4. The highest BCUT2D eigenvalue weighted by molar-refractivity contribution is 5.67. The van der Waals surface area contributed by atoms with Gasteiger partial charge in [0.25, 0.3) is 0 Å². The van der Waals surface area contributed by atoms with Crippen molar-refractivity contribution >= 4 is 5.57 Å². The normalized spacial score (nSPS) is 16.5. The highest BCUT2D eigenvalue weighted by atomic mass is 19.2. The predicted octanol–water partition coefficient (Wildman–Crippen LogP) is 8.55. The van der Waals surface area contributed by atoms with Gasteiger partial charge in [0.2, 0.25) is 0 Å². The van der Waals surface area contributed by atoms with Crippen molar-refractivity contribution in [3.8, 4) is 0 Å².